The minimum atomic E-state index is -0.741. The third-order valence-electron chi connectivity index (χ3n) is 4.36. The first kappa shape index (κ1) is 17.4. The molecule has 0 aliphatic carbocycles. The molecule has 0 bridgehead atoms. The van der Waals surface area contributed by atoms with E-state index in [1.807, 2.05) is 41.3 Å². The molecule has 2 aromatic rings. The van der Waals surface area contributed by atoms with Gasteiger partial charge >= 0.3 is 5.97 Å². The number of fused-ring (bicyclic) bond motifs is 2. The molecule has 27 heavy (non-hydrogen) atoms. The average Bonchev–Trinajstić information content (AvgIpc) is 3.18. The summed E-state index contributed by atoms with van der Waals surface area (Å²) in [5.74, 6) is 1.62. The summed E-state index contributed by atoms with van der Waals surface area (Å²) >= 11 is 5.58. The van der Waals surface area contributed by atoms with Crippen molar-refractivity contribution in [2.75, 3.05) is 25.3 Å². The van der Waals surface area contributed by atoms with Gasteiger partial charge in [-0.05, 0) is 42.0 Å². The molecule has 0 saturated heterocycles. The fraction of sp³-hybridized carbons (Fsp3) is 0.263. The number of hydrogen-bond donors (Lipinski definition) is 1. The third-order valence-corrected chi connectivity index (χ3v) is 4.73. The van der Waals surface area contributed by atoms with Gasteiger partial charge < -0.3 is 29.2 Å². The van der Waals surface area contributed by atoms with Crippen LogP contribution < -0.4 is 24.4 Å². The van der Waals surface area contributed by atoms with Gasteiger partial charge in [-0.2, -0.15) is 0 Å². The van der Waals surface area contributed by atoms with Crippen LogP contribution in [0.3, 0.4) is 0 Å². The van der Waals surface area contributed by atoms with Gasteiger partial charge in [-0.25, -0.2) is 4.79 Å². The summed E-state index contributed by atoms with van der Waals surface area (Å²) in [7, 11) is 1.34. The first-order valence-corrected chi connectivity index (χ1v) is 8.84. The standard InChI is InChI=1S/C19H18N2O5S/c1-23-18(22)17-10-21(13-4-2-3-5-14(13)26-17)19(27)20-9-12-6-7-15-16(8-12)25-11-24-15/h2-8,17H,9-11H2,1H3,(H,20,27)/t17-/m1/s1. The topological polar surface area (TPSA) is 69.3 Å². The van der Waals surface area contributed by atoms with Crippen molar-refractivity contribution in [2.45, 2.75) is 12.6 Å². The highest BCUT2D eigenvalue weighted by molar-refractivity contribution is 7.80. The molecule has 2 aliphatic rings. The molecule has 0 spiro atoms. The van der Waals surface area contributed by atoms with Gasteiger partial charge in [0, 0.05) is 6.54 Å². The van der Waals surface area contributed by atoms with Gasteiger partial charge in [0.25, 0.3) is 0 Å². The van der Waals surface area contributed by atoms with Crippen LogP contribution in [0.2, 0.25) is 0 Å². The number of thiocarbonyl (C=S) groups is 1. The minimum Gasteiger partial charge on any atom is -0.475 e. The number of esters is 1. The Kier molecular flexibility index (Phi) is 4.72. The molecule has 2 heterocycles. The molecule has 1 atom stereocenters. The first-order valence-electron chi connectivity index (χ1n) is 8.43. The molecule has 0 fully saturated rings. The van der Waals surface area contributed by atoms with Gasteiger partial charge in [0.15, 0.2) is 16.6 Å². The maximum absolute atomic E-state index is 12.0. The number of nitrogens with zero attached hydrogens (tertiary/aromatic N) is 1. The summed E-state index contributed by atoms with van der Waals surface area (Å²) in [4.78, 5) is 13.8. The van der Waals surface area contributed by atoms with Crippen LogP contribution in [-0.4, -0.2) is 37.6 Å². The smallest absolute Gasteiger partial charge is 0.348 e. The van der Waals surface area contributed by atoms with E-state index in [2.05, 4.69) is 5.32 Å². The lowest BCUT2D eigenvalue weighted by atomic mass is 10.2. The van der Waals surface area contributed by atoms with Crippen LogP contribution in [0.15, 0.2) is 42.5 Å². The molecule has 1 N–H and O–H groups in total. The zero-order valence-electron chi connectivity index (χ0n) is 14.6. The van der Waals surface area contributed by atoms with Crippen molar-refractivity contribution in [3.05, 3.63) is 48.0 Å². The van der Waals surface area contributed by atoms with E-state index in [1.165, 1.54) is 7.11 Å². The van der Waals surface area contributed by atoms with E-state index in [0.717, 1.165) is 22.7 Å². The molecule has 2 aromatic carbocycles. The number of carbonyl (C=O) groups is 1. The van der Waals surface area contributed by atoms with Crippen molar-refractivity contribution in [1.29, 1.82) is 0 Å². The molecule has 0 radical (unpaired) electrons. The molecule has 7 nitrogen and oxygen atoms in total. The Balaban J connectivity index is 1.49. The SMILES string of the molecule is COC(=O)[C@H]1CN(C(=S)NCc2ccc3c(c2)OCO3)c2ccccc2O1. The Hall–Kier alpha value is -3.00. The van der Waals surface area contributed by atoms with Crippen LogP contribution >= 0.6 is 12.2 Å². The average molecular weight is 386 g/mol. The number of rotatable bonds is 3. The summed E-state index contributed by atoms with van der Waals surface area (Å²) in [5, 5.41) is 3.73. The summed E-state index contributed by atoms with van der Waals surface area (Å²) in [6.45, 7) is 1.03. The molecule has 0 unspecified atom stereocenters. The van der Waals surface area contributed by atoms with E-state index in [0.29, 0.717) is 17.4 Å². The molecule has 0 aromatic heterocycles. The lowest BCUT2D eigenvalue weighted by Crippen LogP contribution is -2.50. The minimum absolute atomic E-state index is 0.240. The van der Waals surface area contributed by atoms with Gasteiger partial charge in [0.05, 0.1) is 19.3 Å². The molecular formula is C19H18N2O5S. The number of anilines is 1. The van der Waals surface area contributed by atoms with Gasteiger partial charge in [-0.1, -0.05) is 18.2 Å². The van der Waals surface area contributed by atoms with E-state index in [-0.39, 0.29) is 13.3 Å². The number of carbonyl (C=O) groups excluding carboxylic acids is 1. The second kappa shape index (κ2) is 7.32. The van der Waals surface area contributed by atoms with Gasteiger partial charge in [0.1, 0.15) is 5.75 Å². The summed E-state index contributed by atoms with van der Waals surface area (Å²) in [5.41, 5.74) is 1.81. The van der Waals surface area contributed by atoms with Gasteiger partial charge in [0.2, 0.25) is 12.9 Å². The fourth-order valence-electron chi connectivity index (χ4n) is 3.00. The van der Waals surface area contributed by atoms with Crippen molar-refractivity contribution < 1.29 is 23.7 Å². The second-order valence-corrected chi connectivity index (χ2v) is 6.44. The van der Waals surface area contributed by atoms with Crippen LogP contribution in [0.25, 0.3) is 0 Å². The summed E-state index contributed by atoms with van der Waals surface area (Å²) in [6.07, 6.45) is -0.741. The third kappa shape index (κ3) is 3.48. The zero-order valence-corrected chi connectivity index (χ0v) is 15.5. The molecule has 0 saturated carbocycles. The number of methoxy groups -OCH3 is 1. The fourth-order valence-corrected chi connectivity index (χ4v) is 3.25. The van der Waals surface area contributed by atoms with Crippen molar-refractivity contribution >= 4 is 29.0 Å². The first-order chi connectivity index (χ1) is 13.2. The monoisotopic (exact) mass is 386 g/mol. The molecular weight excluding hydrogens is 368 g/mol. The number of benzene rings is 2. The van der Waals surface area contributed by atoms with Gasteiger partial charge in [-0.15, -0.1) is 0 Å². The van der Waals surface area contributed by atoms with Crippen molar-refractivity contribution in [3.8, 4) is 17.2 Å². The van der Waals surface area contributed by atoms with Crippen LogP contribution in [0.4, 0.5) is 5.69 Å². The van der Waals surface area contributed by atoms with Crippen LogP contribution in [0, 0.1) is 0 Å². The van der Waals surface area contributed by atoms with E-state index in [9.17, 15) is 4.79 Å². The summed E-state index contributed by atoms with van der Waals surface area (Å²) in [6, 6.07) is 13.2. The maximum Gasteiger partial charge on any atom is 0.348 e. The number of para-hydroxylation sites is 2. The predicted octanol–water partition coefficient (Wildman–Crippen LogP) is 2.23. The van der Waals surface area contributed by atoms with E-state index in [1.54, 1.807) is 6.07 Å². The Morgan fingerprint density at radius 1 is 1.22 bits per heavy atom. The maximum atomic E-state index is 12.0. The molecule has 8 heteroatoms. The Labute approximate surface area is 161 Å². The van der Waals surface area contributed by atoms with Crippen LogP contribution in [0.1, 0.15) is 5.56 Å². The van der Waals surface area contributed by atoms with Crippen LogP contribution in [0.5, 0.6) is 17.2 Å². The van der Waals surface area contributed by atoms with Crippen LogP contribution in [-0.2, 0) is 16.1 Å². The lowest BCUT2D eigenvalue weighted by Gasteiger charge is -2.35. The molecule has 2 aliphatic heterocycles. The molecule has 0 amide bonds. The quantitative estimate of drug-likeness (QED) is 0.636. The number of nitrogens with one attached hydrogen (secondary N) is 1. The Bertz CT molecular complexity index is 888. The van der Waals surface area contributed by atoms with E-state index in [4.69, 9.17) is 31.2 Å². The predicted molar refractivity (Wildman–Crippen MR) is 102 cm³/mol. The Morgan fingerprint density at radius 3 is 2.89 bits per heavy atom. The zero-order chi connectivity index (χ0) is 18.8. The highest BCUT2D eigenvalue weighted by Crippen LogP contribution is 2.34. The normalized spacial score (nSPS) is 16.9. The molecule has 4 rings (SSSR count). The van der Waals surface area contributed by atoms with Crippen molar-refractivity contribution in [2.24, 2.45) is 0 Å². The molecule has 140 valence electrons. The number of ether oxygens (including phenoxy) is 4. The largest absolute Gasteiger partial charge is 0.475 e. The lowest BCUT2D eigenvalue weighted by molar-refractivity contribution is -0.148. The van der Waals surface area contributed by atoms with Crippen molar-refractivity contribution in [3.63, 3.8) is 0 Å². The van der Waals surface area contributed by atoms with E-state index < -0.39 is 12.1 Å². The Morgan fingerprint density at radius 2 is 2.04 bits per heavy atom. The highest BCUT2D eigenvalue weighted by Gasteiger charge is 2.33. The van der Waals surface area contributed by atoms with Gasteiger partial charge in [-0.3, -0.25) is 0 Å². The van der Waals surface area contributed by atoms with Crippen molar-refractivity contribution in [1.82, 2.24) is 5.32 Å². The van der Waals surface area contributed by atoms with E-state index >= 15 is 0 Å². The number of hydrogen-bond acceptors (Lipinski definition) is 6. The highest BCUT2D eigenvalue weighted by atomic mass is 32.1. The second-order valence-electron chi connectivity index (χ2n) is 6.05. The summed E-state index contributed by atoms with van der Waals surface area (Å²) < 4.78 is 21.3.